The van der Waals surface area contributed by atoms with E-state index in [-0.39, 0.29) is 12.6 Å². The van der Waals surface area contributed by atoms with E-state index >= 15 is 0 Å². The number of rotatable bonds is 2. The second kappa shape index (κ2) is 3.78. The summed E-state index contributed by atoms with van der Waals surface area (Å²) in [6.45, 7) is 0.790. The van der Waals surface area contributed by atoms with Gasteiger partial charge in [-0.15, -0.1) is 0 Å². The summed E-state index contributed by atoms with van der Waals surface area (Å²) in [6.07, 6.45) is 0. The van der Waals surface area contributed by atoms with Gasteiger partial charge in [0.2, 0.25) is 0 Å². The van der Waals surface area contributed by atoms with Crippen LogP contribution in [0.1, 0.15) is 5.56 Å². The van der Waals surface area contributed by atoms with E-state index in [4.69, 9.17) is 10.8 Å². The van der Waals surface area contributed by atoms with E-state index in [0.29, 0.717) is 24.5 Å². The van der Waals surface area contributed by atoms with Gasteiger partial charge < -0.3 is 21.1 Å². The molecule has 0 bridgehead atoms. The molecule has 1 aromatic carbocycles. The van der Waals surface area contributed by atoms with Crippen molar-refractivity contribution < 1.29 is 9.90 Å². The van der Waals surface area contributed by atoms with Crippen molar-refractivity contribution >= 4 is 17.4 Å². The van der Waals surface area contributed by atoms with Crippen LogP contribution in [0.15, 0.2) is 18.2 Å². The molecule has 0 aromatic heterocycles. The highest BCUT2D eigenvalue weighted by Gasteiger charge is 2.22. The third-order valence-corrected chi connectivity index (χ3v) is 2.43. The standard InChI is InChI=1S/C10H13N3O2/c11-8-3-1-2-7-6-13(4-5-14)10(15)12-9(7)8/h1-3,14H,4-6,11H2,(H,12,15). The van der Waals surface area contributed by atoms with Gasteiger partial charge in [-0.05, 0) is 11.6 Å². The summed E-state index contributed by atoms with van der Waals surface area (Å²) in [6, 6.07) is 5.30. The molecule has 15 heavy (non-hydrogen) atoms. The van der Waals surface area contributed by atoms with Crippen LogP contribution in [0.3, 0.4) is 0 Å². The van der Waals surface area contributed by atoms with E-state index in [1.54, 1.807) is 11.0 Å². The molecular weight excluding hydrogens is 194 g/mol. The first-order chi connectivity index (χ1) is 7.22. The van der Waals surface area contributed by atoms with Crippen molar-refractivity contribution in [1.82, 2.24) is 4.90 Å². The Morgan fingerprint density at radius 2 is 2.33 bits per heavy atom. The van der Waals surface area contributed by atoms with Gasteiger partial charge in [-0.1, -0.05) is 12.1 Å². The van der Waals surface area contributed by atoms with Gasteiger partial charge in [-0.3, -0.25) is 0 Å². The first-order valence-corrected chi connectivity index (χ1v) is 4.76. The van der Waals surface area contributed by atoms with Crippen molar-refractivity contribution in [2.45, 2.75) is 6.54 Å². The van der Waals surface area contributed by atoms with Crippen LogP contribution in [0.25, 0.3) is 0 Å². The summed E-state index contributed by atoms with van der Waals surface area (Å²) >= 11 is 0. The van der Waals surface area contributed by atoms with Crippen LogP contribution < -0.4 is 11.1 Å². The number of para-hydroxylation sites is 1. The van der Waals surface area contributed by atoms with Gasteiger partial charge in [0.05, 0.1) is 18.0 Å². The highest BCUT2D eigenvalue weighted by Crippen LogP contribution is 2.28. The van der Waals surface area contributed by atoms with Crippen molar-refractivity contribution in [3.05, 3.63) is 23.8 Å². The van der Waals surface area contributed by atoms with Crippen LogP contribution in [0.4, 0.5) is 16.2 Å². The van der Waals surface area contributed by atoms with E-state index in [2.05, 4.69) is 5.32 Å². The maximum absolute atomic E-state index is 11.5. The molecule has 0 saturated heterocycles. The number of nitrogens with zero attached hydrogens (tertiary/aromatic N) is 1. The first kappa shape index (κ1) is 9.79. The van der Waals surface area contributed by atoms with Crippen molar-refractivity contribution in [3.8, 4) is 0 Å². The second-order valence-electron chi connectivity index (χ2n) is 3.46. The lowest BCUT2D eigenvalue weighted by molar-refractivity contribution is 0.183. The number of hydrogen-bond donors (Lipinski definition) is 3. The molecule has 5 nitrogen and oxygen atoms in total. The smallest absolute Gasteiger partial charge is 0.322 e. The summed E-state index contributed by atoms with van der Waals surface area (Å²) < 4.78 is 0. The number of nitrogens with two attached hydrogens (primary N) is 1. The number of anilines is 2. The lowest BCUT2D eigenvalue weighted by Crippen LogP contribution is -2.40. The molecule has 5 heteroatoms. The number of amides is 2. The number of aliphatic hydroxyl groups is 1. The summed E-state index contributed by atoms with van der Waals surface area (Å²) in [5.41, 5.74) is 7.98. The zero-order chi connectivity index (χ0) is 10.8. The number of benzene rings is 1. The number of nitrogens with one attached hydrogen (secondary N) is 1. The normalized spacial score (nSPS) is 14.7. The number of aliphatic hydroxyl groups excluding tert-OH is 1. The van der Waals surface area contributed by atoms with E-state index in [9.17, 15) is 4.79 Å². The first-order valence-electron chi connectivity index (χ1n) is 4.76. The average molecular weight is 207 g/mol. The molecule has 0 radical (unpaired) electrons. The zero-order valence-corrected chi connectivity index (χ0v) is 8.23. The Kier molecular flexibility index (Phi) is 2.47. The lowest BCUT2D eigenvalue weighted by Gasteiger charge is -2.29. The molecule has 0 fully saturated rings. The van der Waals surface area contributed by atoms with Crippen LogP contribution in [0.2, 0.25) is 0 Å². The van der Waals surface area contributed by atoms with Crippen LogP contribution >= 0.6 is 0 Å². The van der Waals surface area contributed by atoms with Gasteiger partial charge in [0.15, 0.2) is 0 Å². The minimum absolute atomic E-state index is 0.0366. The number of hydrogen-bond acceptors (Lipinski definition) is 3. The monoisotopic (exact) mass is 207 g/mol. The third kappa shape index (κ3) is 1.73. The number of urea groups is 1. The predicted molar refractivity (Wildman–Crippen MR) is 57.4 cm³/mol. The number of nitrogen functional groups attached to an aromatic ring is 1. The van der Waals surface area contributed by atoms with Gasteiger partial charge >= 0.3 is 6.03 Å². The molecule has 4 N–H and O–H groups in total. The molecule has 0 saturated carbocycles. The Morgan fingerprint density at radius 1 is 1.53 bits per heavy atom. The maximum Gasteiger partial charge on any atom is 0.322 e. The van der Waals surface area contributed by atoms with E-state index in [1.165, 1.54) is 0 Å². The van der Waals surface area contributed by atoms with Crippen molar-refractivity contribution in [2.24, 2.45) is 0 Å². The fourth-order valence-corrected chi connectivity index (χ4v) is 1.67. The average Bonchev–Trinajstić information content (AvgIpc) is 2.21. The van der Waals surface area contributed by atoms with Gasteiger partial charge in [0.25, 0.3) is 0 Å². The van der Waals surface area contributed by atoms with E-state index in [1.807, 2.05) is 12.1 Å². The number of carbonyl (C=O) groups is 1. The number of fused-ring (bicyclic) bond motifs is 1. The molecule has 0 spiro atoms. The van der Waals surface area contributed by atoms with Gasteiger partial charge in [-0.2, -0.15) is 0 Å². The minimum Gasteiger partial charge on any atom is -0.397 e. The predicted octanol–water partition coefficient (Wildman–Crippen LogP) is 0.609. The SMILES string of the molecule is Nc1cccc2c1NC(=O)N(CCO)C2. The Bertz CT molecular complexity index is 392. The Labute approximate surface area is 87.5 Å². The molecule has 2 rings (SSSR count). The molecular formula is C10H13N3O2. The van der Waals surface area contributed by atoms with Crippen LogP contribution in [-0.2, 0) is 6.54 Å². The minimum atomic E-state index is -0.213. The topological polar surface area (TPSA) is 78.6 Å². The number of β-amino-alcohol motifs (C(OH)–C–C–N with tert-alkyl or cyclic N) is 1. The van der Waals surface area contributed by atoms with Crippen molar-refractivity contribution in [2.75, 3.05) is 24.2 Å². The summed E-state index contributed by atoms with van der Waals surface area (Å²) in [5, 5.41) is 11.5. The van der Waals surface area contributed by atoms with Crippen molar-refractivity contribution in [3.63, 3.8) is 0 Å². The summed E-state index contributed by atoms with van der Waals surface area (Å²) in [7, 11) is 0. The molecule has 2 amide bonds. The molecule has 0 aliphatic carbocycles. The Morgan fingerprint density at radius 3 is 3.07 bits per heavy atom. The lowest BCUT2D eigenvalue weighted by atomic mass is 10.1. The summed E-state index contributed by atoms with van der Waals surface area (Å²) in [5.74, 6) is 0. The molecule has 80 valence electrons. The fourth-order valence-electron chi connectivity index (χ4n) is 1.67. The largest absolute Gasteiger partial charge is 0.397 e. The molecule has 1 heterocycles. The van der Waals surface area contributed by atoms with Crippen LogP contribution in [0.5, 0.6) is 0 Å². The van der Waals surface area contributed by atoms with E-state index < -0.39 is 0 Å². The maximum atomic E-state index is 11.5. The highest BCUT2D eigenvalue weighted by molar-refractivity contribution is 5.95. The highest BCUT2D eigenvalue weighted by atomic mass is 16.3. The zero-order valence-electron chi connectivity index (χ0n) is 8.23. The van der Waals surface area contributed by atoms with E-state index in [0.717, 1.165) is 5.56 Å². The third-order valence-electron chi connectivity index (χ3n) is 2.43. The van der Waals surface area contributed by atoms with Crippen LogP contribution in [0, 0.1) is 0 Å². The Balaban J connectivity index is 2.30. The van der Waals surface area contributed by atoms with Gasteiger partial charge in [-0.25, -0.2) is 4.79 Å². The fraction of sp³-hybridized carbons (Fsp3) is 0.300. The molecule has 0 atom stereocenters. The Hall–Kier alpha value is -1.75. The molecule has 0 unspecified atom stereocenters. The number of carbonyl (C=O) groups excluding carboxylic acids is 1. The summed E-state index contributed by atoms with van der Waals surface area (Å²) in [4.78, 5) is 13.1. The second-order valence-corrected chi connectivity index (χ2v) is 3.46. The molecule has 1 aromatic rings. The van der Waals surface area contributed by atoms with Gasteiger partial charge in [0.1, 0.15) is 0 Å². The molecule has 1 aliphatic rings. The van der Waals surface area contributed by atoms with Gasteiger partial charge in [0, 0.05) is 13.1 Å². The van der Waals surface area contributed by atoms with Crippen LogP contribution in [-0.4, -0.2) is 29.2 Å². The molecule has 1 aliphatic heterocycles. The quantitative estimate of drug-likeness (QED) is 0.622. The van der Waals surface area contributed by atoms with Crippen molar-refractivity contribution in [1.29, 1.82) is 0 Å².